The zero-order valence-electron chi connectivity index (χ0n) is 12.5. The molecule has 22 heavy (non-hydrogen) atoms. The molecule has 0 radical (unpaired) electrons. The van der Waals surface area contributed by atoms with Crippen LogP contribution in [0.4, 0.5) is 0 Å². The van der Waals surface area contributed by atoms with Crippen molar-refractivity contribution in [2.45, 2.75) is 6.61 Å². The molecule has 0 atom stereocenters. The van der Waals surface area contributed by atoms with Crippen LogP contribution < -0.4 is 9.47 Å². The number of ether oxygens (including phenoxy) is 2. The van der Waals surface area contributed by atoms with E-state index in [4.69, 9.17) is 9.47 Å². The van der Waals surface area contributed by atoms with Gasteiger partial charge in [0.2, 0.25) is 0 Å². The van der Waals surface area contributed by atoms with Gasteiger partial charge in [-0.25, -0.2) is 0 Å². The van der Waals surface area contributed by atoms with E-state index in [0.717, 1.165) is 28.2 Å². The maximum Gasteiger partial charge on any atom is 0.127 e. The maximum atomic E-state index is 6.01. The third kappa shape index (κ3) is 3.29. The molecule has 2 heteroatoms. The summed E-state index contributed by atoms with van der Waals surface area (Å²) in [5.41, 5.74) is 3.31. The van der Waals surface area contributed by atoms with Gasteiger partial charge < -0.3 is 9.47 Å². The Morgan fingerprint density at radius 2 is 1.55 bits per heavy atom. The van der Waals surface area contributed by atoms with Gasteiger partial charge in [-0.05, 0) is 29.3 Å². The summed E-state index contributed by atoms with van der Waals surface area (Å²) in [6.07, 6.45) is 0. The highest BCUT2D eigenvalue weighted by Gasteiger charge is 2.07. The van der Waals surface area contributed by atoms with Crippen LogP contribution in [0.5, 0.6) is 11.5 Å². The van der Waals surface area contributed by atoms with E-state index in [1.165, 1.54) is 0 Å². The minimum atomic E-state index is 0.557. The number of hydrogen-bond acceptors (Lipinski definition) is 2. The molecule has 3 aromatic rings. The van der Waals surface area contributed by atoms with Crippen LogP contribution in [-0.4, -0.2) is 7.11 Å². The summed E-state index contributed by atoms with van der Waals surface area (Å²) in [6, 6.07) is 26.3. The van der Waals surface area contributed by atoms with Crippen LogP contribution in [0.3, 0.4) is 0 Å². The average Bonchev–Trinajstić information content (AvgIpc) is 2.61. The molecule has 0 aliphatic carbocycles. The summed E-state index contributed by atoms with van der Waals surface area (Å²) in [4.78, 5) is 0. The predicted octanol–water partition coefficient (Wildman–Crippen LogP) is 4.94. The molecular formula is C20H18O2. The average molecular weight is 290 g/mol. The van der Waals surface area contributed by atoms with Crippen molar-refractivity contribution < 1.29 is 9.47 Å². The van der Waals surface area contributed by atoms with Crippen LogP contribution in [0, 0.1) is 0 Å². The quantitative estimate of drug-likeness (QED) is 0.662. The number of methoxy groups -OCH3 is 1. The molecule has 0 aliphatic heterocycles. The van der Waals surface area contributed by atoms with E-state index in [9.17, 15) is 0 Å². The summed E-state index contributed by atoms with van der Waals surface area (Å²) in [5.74, 6) is 1.72. The normalized spacial score (nSPS) is 10.2. The zero-order chi connectivity index (χ0) is 15.2. The predicted molar refractivity (Wildman–Crippen MR) is 89.2 cm³/mol. The minimum absolute atomic E-state index is 0.557. The topological polar surface area (TPSA) is 18.5 Å². The fourth-order valence-electron chi connectivity index (χ4n) is 2.36. The Hall–Kier alpha value is -2.74. The Kier molecular flexibility index (Phi) is 4.40. The standard InChI is InChI=1S/C20H18O2/c1-21-18-11-7-10-17(14-18)19-12-5-6-13-20(19)22-15-16-8-3-2-4-9-16/h2-14H,15H2,1H3. The SMILES string of the molecule is COc1cccc(-c2ccccc2OCc2ccccc2)c1. The molecule has 2 nitrogen and oxygen atoms in total. The van der Waals surface area contributed by atoms with E-state index in [1.54, 1.807) is 7.11 Å². The van der Waals surface area contributed by atoms with Crippen molar-refractivity contribution in [2.75, 3.05) is 7.11 Å². The first-order valence-corrected chi connectivity index (χ1v) is 7.27. The smallest absolute Gasteiger partial charge is 0.127 e. The molecule has 0 bridgehead atoms. The molecule has 0 aromatic heterocycles. The lowest BCUT2D eigenvalue weighted by molar-refractivity contribution is 0.307. The van der Waals surface area contributed by atoms with Gasteiger partial charge in [0.15, 0.2) is 0 Å². The maximum absolute atomic E-state index is 6.01. The van der Waals surface area contributed by atoms with Crippen LogP contribution in [0.1, 0.15) is 5.56 Å². The highest BCUT2D eigenvalue weighted by Crippen LogP contribution is 2.32. The van der Waals surface area contributed by atoms with Gasteiger partial charge in [0, 0.05) is 5.56 Å². The summed E-state index contributed by atoms with van der Waals surface area (Å²) in [6.45, 7) is 0.557. The van der Waals surface area contributed by atoms with Gasteiger partial charge in [-0.2, -0.15) is 0 Å². The molecule has 3 aromatic carbocycles. The molecule has 0 amide bonds. The molecular weight excluding hydrogens is 272 g/mol. The molecule has 0 saturated heterocycles. The van der Waals surface area contributed by atoms with E-state index < -0.39 is 0 Å². The zero-order valence-corrected chi connectivity index (χ0v) is 12.5. The van der Waals surface area contributed by atoms with Gasteiger partial charge in [-0.15, -0.1) is 0 Å². The van der Waals surface area contributed by atoms with E-state index in [2.05, 4.69) is 24.3 Å². The molecule has 0 heterocycles. The van der Waals surface area contributed by atoms with Gasteiger partial charge in [-0.1, -0.05) is 60.7 Å². The number of rotatable bonds is 5. The van der Waals surface area contributed by atoms with Crippen LogP contribution >= 0.6 is 0 Å². The highest BCUT2D eigenvalue weighted by molar-refractivity contribution is 5.71. The van der Waals surface area contributed by atoms with Crippen molar-refractivity contribution in [1.82, 2.24) is 0 Å². The fourth-order valence-corrected chi connectivity index (χ4v) is 2.36. The molecule has 0 spiro atoms. The van der Waals surface area contributed by atoms with Gasteiger partial charge >= 0.3 is 0 Å². The Morgan fingerprint density at radius 3 is 2.36 bits per heavy atom. The third-order valence-corrected chi connectivity index (χ3v) is 3.50. The highest BCUT2D eigenvalue weighted by atomic mass is 16.5. The molecule has 0 N–H and O–H groups in total. The van der Waals surface area contributed by atoms with Crippen LogP contribution in [-0.2, 0) is 6.61 Å². The van der Waals surface area contributed by atoms with Crippen molar-refractivity contribution in [3.8, 4) is 22.6 Å². The first-order chi connectivity index (χ1) is 10.9. The summed E-state index contributed by atoms with van der Waals surface area (Å²) in [5, 5.41) is 0. The van der Waals surface area contributed by atoms with Crippen molar-refractivity contribution in [3.05, 3.63) is 84.4 Å². The minimum Gasteiger partial charge on any atom is -0.497 e. The molecule has 0 unspecified atom stereocenters. The largest absolute Gasteiger partial charge is 0.497 e. The van der Waals surface area contributed by atoms with Crippen LogP contribution in [0.2, 0.25) is 0 Å². The summed E-state index contributed by atoms with van der Waals surface area (Å²) < 4.78 is 11.3. The summed E-state index contributed by atoms with van der Waals surface area (Å²) in [7, 11) is 1.68. The summed E-state index contributed by atoms with van der Waals surface area (Å²) >= 11 is 0. The Morgan fingerprint density at radius 1 is 0.773 bits per heavy atom. The van der Waals surface area contributed by atoms with Gasteiger partial charge in [0.05, 0.1) is 7.11 Å². The Bertz CT molecular complexity index is 735. The van der Waals surface area contributed by atoms with E-state index in [-0.39, 0.29) is 0 Å². The Balaban J connectivity index is 1.86. The first-order valence-electron chi connectivity index (χ1n) is 7.27. The van der Waals surface area contributed by atoms with E-state index in [1.807, 2.05) is 54.6 Å². The fraction of sp³-hybridized carbons (Fsp3) is 0.100. The number of para-hydroxylation sites is 1. The van der Waals surface area contributed by atoms with Gasteiger partial charge in [0.25, 0.3) is 0 Å². The van der Waals surface area contributed by atoms with Crippen molar-refractivity contribution in [1.29, 1.82) is 0 Å². The second kappa shape index (κ2) is 6.81. The molecule has 0 aliphatic rings. The third-order valence-electron chi connectivity index (χ3n) is 3.50. The van der Waals surface area contributed by atoms with Gasteiger partial charge in [0.1, 0.15) is 18.1 Å². The molecule has 110 valence electrons. The lowest BCUT2D eigenvalue weighted by Gasteiger charge is -2.12. The first kappa shape index (κ1) is 14.2. The van der Waals surface area contributed by atoms with Gasteiger partial charge in [-0.3, -0.25) is 0 Å². The van der Waals surface area contributed by atoms with E-state index >= 15 is 0 Å². The Labute approximate surface area is 131 Å². The second-order valence-corrected chi connectivity index (χ2v) is 5.00. The van der Waals surface area contributed by atoms with Crippen LogP contribution in [0.15, 0.2) is 78.9 Å². The van der Waals surface area contributed by atoms with Crippen molar-refractivity contribution >= 4 is 0 Å². The molecule has 3 rings (SSSR count). The molecule has 0 fully saturated rings. The van der Waals surface area contributed by atoms with Crippen LogP contribution in [0.25, 0.3) is 11.1 Å². The van der Waals surface area contributed by atoms with Crippen molar-refractivity contribution in [2.24, 2.45) is 0 Å². The molecule has 0 saturated carbocycles. The number of benzene rings is 3. The lowest BCUT2D eigenvalue weighted by Crippen LogP contribution is -1.96. The monoisotopic (exact) mass is 290 g/mol. The van der Waals surface area contributed by atoms with E-state index in [0.29, 0.717) is 6.61 Å². The second-order valence-electron chi connectivity index (χ2n) is 5.00. The number of hydrogen-bond donors (Lipinski definition) is 0. The van der Waals surface area contributed by atoms with Crippen molar-refractivity contribution in [3.63, 3.8) is 0 Å². The lowest BCUT2D eigenvalue weighted by atomic mass is 10.0.